The fourth-order valence-corrected chi connectivity index (χ4v) is 2.99. The molecule has 2 rings (SSSR count). The summed E-state index contributed by atoms with van der Waals surface area (Å²) in [5.41, 5.74) is 1.89. The lowest BCUT2D eigenvalue weighted by Gasteiger charge is -2.34. The van der Waals surface area contributed by atoms with Crippen LogP contribution in [0.4, 0.5) is 4.39 Å². The topological polar surface area (TPSA) is 54.9 Å². The summed E-state index contributed by atoms with van der Waals surface area (Å²) in [5, 5.41) is 6.62. The van der Waals surface area contributed by atoms with E-state index in [0.717, 1.165) is 62.7 Å². The van der Waals surface area contributed by atoms with E-state index in [1.807, 2.05) is 19.9 Å². The summed E-state index contributed by atoms with van der Waals surface area (Å²) in [4.78, 5) is 4.70. The van der Waals surface area contributed by atoms with E-state index in [0.29, 0.717) is 6.54 Å². The van der Waals surface area contributed by atoms with Crippen LogP contribution < -0.4 is 10.6 Å². The molecule has 2 N–H and O–H groups in total. The van der Waals surface area contributed by atoms with Gasteiger partial charge in [0.05, 0.1) is 12.1 Å². The van der Waals surface area contributed by atoms with E-state index in [2.05, 4.69) is 10.6 Å². The van der Waals surface area contributed by atoms with E-state index in [1.54, 1.807) is 13.2 Å². The normalized spacial score (nSPS) is 17.4. The van der Waals surface area contributed by atoms with Gasteiger partial charge in [-0.25, -0.2) is 4.39 Å². The third-order valence-corrected chi connectivity index (χ3v) is 4.70. The van der Waals surface area contributed by atoms with Gasteiger partial charge in [-0.15, -0.1) is 0 Å². The van der Waals surface area contributed by atoms with E-state index in [4.69, 9.17) is 14.5 Å². The molecule has 140 valence electrons. The van der Waals surface area contributed by atoms with Gasteiger partial charge in [0.1, 0.15) is 5.82 Å². The van der Waals surface area contributed by atoms with Crippen molar-refractivity contribution in [2.75, 3.05) is 40.0 Å². The minimum absolute atomic E-state index is 0.189. The van der Waals surface area contributed by atoms with Crippen LogP contribution in [0.1, 0.15) is 30.9 Å². The Kier molecular flexibility index (Phi) is 7.65. The lowest BCUT2D eigenvalue weighted by molar-refractivity contribution is -0.0828. The standard InChI is InChI=1S/C19H30FN3O2/c1-4-21-18(23-14-19(24-3)8-11-25-12-9-19)22-10-7-16-5-6-17(20)13-15(16)2/h5-6,13H,4,7-12,14H2,1-3H3,(H2,21,22,23). The first kappa shape index (κ1) is 19.7. The number of hydrogen-bond donors (Lipinski definition) is 2. The van der Waals surface area contributed by atoms with Crippen molar-refractivity contribution in [1.29, 1.82) is 0 Å². The second-order valence-corrected chi connectivity index (χ2v) is 6.44. The molecule has 0 aromatic heterocycles. The van der Waals surface area contributed by atoms with Gasteiger partial charge in [-0.3, -0.25) is 4.99 Å². The number of guanidine groups is 1. The van der Waals surface area contributed by atoms with Gasteiger partial charge in [0, 0.05) is 46.3 Å². The monoisotopic (exact) mass is 351 g/mol. The Morgan fingerprint density at radius 1 is 1.32 bits per heavy atom. The Balaban J connectivity index is 1.90. The van der Waals surface area contributed by atoms with Gasteiger partial charge in [-0.05, 0) is 43.5 Å². The maximum absolute atomic E-state index is 13.2. The second kappa shape index (κ2) is 9.73. The Morgan fingerprint density at radius 3 is 2.72 bits per heavy atom. The van der Waals surface area contributed by atoms with Crippen LogP contribution in [0.3, 0.4) is 0 Å². The number of methoxy groups -OCH3 is 1. The fraction of sp³-hybridized carbons (Fsp3) is 0.632. The number of hydrogen-bond acceptors (Lipinski definition) is 3. The highest BCUT2D eigenvalue weighted by Gasteiger charge is 2.32. The minimum Gasteiger partial charge on any atom is -0.381 e. The Bertz CT molecular complexity index is 572. The molecule has 0 bridgehead atoms. The van der Waals surface area contributed by atoms with Crippen LogP contribution in [0.2, 0.25) is 0 Å². The molecule has 6 heteroatoms. The summed E-state index contributed by atoms with van der Waals surface area (Å²) in [7, 11) is 1.75. The molecule has 1 aliphatic rings. The van der Waals surface area contributed by atoms with Crippen molar-refractivity contribution in [2.24, 2.45) is 4.99 Å². The molecular formula is C19H30FN3O2. The Labute approximate surface area is 150 Å². The van der Waals surface area contributed by atoms with Gasteiger partial charge in [-0.2, -0.15) is 0 Å². The van der Waals surface area contributed by atoms with Crippen LogP contribution in [-0.4, -0.2) is 51.5 Å². The summed E-state index contributed by atoms with van der Waals surface area (Å²) in [5.74, 6) is 0.593. The number of aryl methyl sites for hydroxylation is 1. The first-order valence-corrected chi connectivity index (χ1v) is 8.99. The number of ether oxygens (including phenoxy) is 2. The molecule has 1 aromatic rings. The zero-order chi connectivity index (χ0) is 18.1. The van der Waals surface area contributed by atoms with Gasteiger partial charge < -0.3 is 20.1 Å². The number of aliphatic imine (C=N–C) groups is 1. The van der Waals surface area contributed by atoms with Crippen LogP contribution in [0.25, 0.3) is 0 Å². The predicted molar refractivity (Wildman–Crippen MR) is 98.6 cm³/mol. The molecule has 1 fully saturated rings. The Morgan fingerprint density at radius 2 is 2.08 bits per heavy atom. The molecule has 1 aliphatic heterocycles. The fourth-order valence-electron chi connectivity index (χ4n) is 2.99. The van der Waals surface area contributed by atoms with Crippen molar-refractivity contribution < 1.29 is 13.9 Å². The summed E-state index contributed by atoms with van der Waals surface area (Å²) in [6.45, 7) is 7.56. The molecule has 0 unspecified atom stereocenters. The van der Waals surface area contributed by atoms with Crippen LogP contribution >= 0.6 is 0 Å². The maximum atomic E-state index is 13.2. The van der Waals surface area contributed by atoms with Crippen molar-refractivity contribution in [3.8, 4) is 0 Å². The predicted octanol–water partition coefficient (Wildman–Crippen LogP) is 2.43. The largest absolute Gasteiger partial charge is 0.381 e. The quantitative estimate of drug-likeness (QED) is 0.585. The van der Waals surface area contributed by atoms with E-state index >= 15 is 0 Å². The zero-order valence-corrected chi connectivity index (χ0v) is 15.5. The number of nitrogens with one attached hydrogen (secondary N) is 2. The van der Waals surface area contributed by atoms with Gasteiger partial charge >= 0.3 is 0 Å². The molecular weight excluding hydrogens is 321 g/mol. The molecule has 1 saturated heterocycles. The van der Waals surface area contributed by atoms with Gasteiger partial charge in [0.25, 0.3) is 0 Å². The van der Waals surface area contributed by atoms with Crippen molar-refractivity contribution in [3.05, 3.63) is 35.1 Å². The lowest BCUT2D eigenvalue weighted by Crippen LogP contribution is -2.44. The highest BCUT2D eigenvalue weighted by atomic mass is 19.1. The lowest BCUT2D eigenvalue weighted by atomic mass is 9.94. The minimum atomic E-state index is -0.228. The van der Waals surface area contributed by atoms with Crippen LogP contribution in [0.5, 0.6) is 0 Å². The summed E-state index contributed by atoms with van der Waals surface area (Å²) >= 11 is 0. The first-order chi connectivity index (χ1) is 12.1. The maximum Gasteiger partial charge on any atom is 0.191 e. The third-order valence-electron chi connectivity index (χ3n) is 4.70. The molecule has 1 heterocycles. The number of rotatable bonds is 7. The molecule has 0 atom stereocenters. The molecule has 25 heavy (non-hydrogen) atoms. The molecule has 0 radical (unpaired) electrons. The number of halogens is 1. The second-order valence-electron chi connectivity index (χ2n) is 6.44. The summed E-state index contributed by atoms with van der Waals surface area (Å²) < 4.78 is 24.3. The smallest absolute Gasteiger partial charge is 0.191 e. The summed E-state index contributed by atoms with van der Waals surface area (Å²) in [6, 6.07) is 4.93. The van der Waals surface area contributed by atoms with Gasteiger partial charge in [0.2, 0.25) is 0 Å². The van der Waals surface area contributed by atoms with E-state index in [9.17, 15) is 4.39 Å². The number of nitrogens with zero attached hydrogens (tertiary/aromatic N) is 1. The summed E-state index contributed by atoms with van der Waals surface area (Å²) in [6.07, 6.45) is 2.54. The molecule has 0 aliphatic carbocycles. The molecule has 0 amide bonds. The highest BCUT2D eigenvalue weighted by molar-refractivity contribution is 5.79. The zero-order valence-electron chi connectivity index (χ0n) is 15.5. The molecule has 0 saturated carbocycles. The van der Waals surface area contributed by atoms with Crippen LogP contribution in [0.15, 0.2) is 23.2 Å². The molecule has 1 aromatic carbocycles. The third kappa shape index (κ3) is 5.97. The van der Waals surface area contributed by atoms with E-state index in [1.165, 1.54) is 6.07 Å². The average Bonchev–Trinajstić information content (AvgIpc) is 2.62. The molecule has 0 spiro atoms. The van der Waals surface area contributed by atoms with Crippen molar-refractivity contribution >= 4 is 5.96 Å². The van der Waals surface area contributed by atoms with Crippen molar-refractivity contribution in [1.82, 2.24) is 10.6 Å². The van der Waals surface area contributed by atoms with Crippen molar-refractivity contribution in [2.45, 2.75) is 38.7 Å². The van der Waals surface area contributed by atoms with Gasteiger partial charge in [0.15, 0.2) is 5.96 Å². The highest BCUT2D eigenvalue weighted by Crippen LogP contribution is 2.24. The Hall–Kier alpha value is -1.66. The van der Waals surface area contributed by atoms with Gasteiger partial charge in [-0.1, -0.05) is 6.07 Å². The average molecular weight is 351 g/mol. The van der Waals surface area contributed by atoms with E-state index < -0.39 is 0 Å². The molecule has 5 nitrogen and oxygen atoms in total. The van der Waals surface area contributed by atoms with Crippen molar-refractivity contribution in [3.63, 3.8) is 0 Å². The number of benzene rings is 1. The van der Waals surface area contributed by atoms with Crippen LogP contribution in [0, 0.1) is 12.7 Å². The van der Waals surface area contributed by atoms with Crippen LogP contribution in [-0.2, 0) is 15.9 Å². The SMILES string of the molecule is CCNC(=NCC1(OC)CCOCC1)NCCc1ccc(F)cc1C. The first-order valence-electron chi connectivity index (χ1n) is 8.99. The van der Waals surface area contributed by atoms with E-state index in [-0.39, 0.29) is 11.4 Å².